The molecule has 4 nitrogen and oxygen atoms in total. The van der Waals surface area contributed by atoms with Gasteiger partial charge in [0.05, 0.1) is 6.61 Å². The average molecular weight is 234 g/mol. The van der Waals surface area contributed by atoms with Gasteiger partial charge in [0.1, 0.15) is 5.75 Å². The zero-order valence-corrected chi connectivity index (χ0v) is 10.2. The average Bonchev–Trinajstić information content (AvgIpc) is 2.35. The monoisotopic (exact) mass is 234 g/mol. The lowest BCUT2D eigenvalue weighted by Crippen LogP contribution is -2.16. The second-order valence-electron chi connectivity index (χ2n) is 4.01. The van der Waals surface area contributed by atoms with Gasteiger partial charge in [-0.05, 0) is 44.6 Å². The molecule has 1 aliphatic heterocycles. The predicted octanol–water partition coefficient (Wildman–Crippen LogP) is 1.93. The van der Waals surface area contributed by atoms with E-state index in [1.165, 1.54) is 0 Å². The molecule has 1 heterocycles. The van der Waals surface area contributed by atoms with Crippen molar-refractivity contribution in [3.8, 4) is 11.5 Å². The topological polar surface area (TPSA) is 42.5 Å². The van der Waals surface area contributed by atoms with E-state index in [-0.39, 0.29) is 0 Å². The molecule has 0 atom stereocenters. The maximum absolute atomic E-state index is 5.64. The number of hydrogen-bond donors (Lipinski definition) is 2. The van der Waals surface area contributed by atoms with Gasteiger partial charge in [0.2, 0.25) is 0 Å². The van der Waals surface area contributed by atoms with Gasteiger partial charge in [-0.25, -0.2) is 5.48 Å². The normalized spacial score (nSPS) is 13.2. The van der Waals surface area contributed by atoms with Crippen LogP contribution in [0.3, 0.4) is 0 Å². The van der Waals surface area contributed by atoms with E-state index in [1.54, 1.807) is 0 Å². The van der Waals surface area contributed by atoms with Gasteiger partial charge in [0, 0.05) is 17.8 Å². The van der Waals surface area contributed by atoms with Crippen molar-refractivity contribution >= 4 is 5.57 Å². The lowest BCUT2D eigenvalue weighted by molar-refractivity contribution is 0.235. The maximum Gasteiger partial charge on any atom is 0.166 e. The Hall–Kier alpha value is -1.68. The molecule has 1 aromatic rings. The number of ether oxygens (including phenoxy) is 1. The fraction of sp³-hybridized carbons (Fsp3) is 0.385. The summed E-state index contributed by atoms with van der Waals surface area (Å²) in [6, 6.07) is 5.91. The fourth-order valence-electron chi connectivity index (χ4n) is 1.70. The van der Waals surface area contributed by atoms with Crippen LogP contribution in [-0.4, -0.2) is 20.2 Å². The van der Waals surface area contributed by atoms with Gasteiger partial charge < -0.3 is 14.9 Å². The first kappa shape index (κ1) is 11.8. The summed E-state index contributed by atoms with van der Waals surface area (Å²) >= 11 is 0. The summed E-state index contributed by atoms with van der Waals surface area (Å²) in [5.74, 6) is 1.66. The number of hydrogen-bond acceptors (Lipinski definition) is 4. The predicted molar refractivity (Wildman–Crippen MR) is 67.9 cm³/mol. The number of rotatable bonds is 5. The van der Waals surface area contributed by atoms with Crippen molar-refractivity contribution in [1.82, 2.24) is 10.8 Å². The Morgan fingerprint density at radius 1 is 1.41 bits per heavy atom. The molecule has 0 amide bonds. The largest absolute Gasteiger partial charge is 0.493 e. The van der Waals surface area contributed by atoms with Crippen LogP contribution in [0, 0.1) is 0 Å². The molecule has 0 spiro atoms. The molecule has 1 aromatic carbocycles. The van der Waals surface area contributed by atoms with Crippen LogP contribution in [0.1, 0.15) is 18.9 Å². The number of allylic oxidation sites excluding steroid dienone is 1. The molecule has 0 radical (unpaired) electrons. The van der Waals surface area contributed by atoms with Crippen LogP contribution in [0.25, 0.3) is 5.57 Å². The van der Waals surface area contributed by atoms with Gasteiger partial charge in [0.25, 0.3) is 0 Å². The Bertz CT molecular complexity index is 416. The van der Waals surface area contributed by atoms with Crippen molar-refractivity contribution in [2.45, 2.75) is 13.3 Å². The highest BCUT2D eigenvalue weighted by molar-refractivity contribution is 5.70. The second-order valence-corrected chi connectivity index (χ2v) is 4.01. The van der Waals surface area contributed by atoms with E-state index in [1.807, 2.05) is 38.4 Å². The Labute approximate surface area is 102 Å². The van der Waals surface area contributed by atoms with Gasteiger partial charge >= 0.3 is 0 Å². The molecule has 0 aliphatic carbocycles. The quantitative estimate of drug-likeness (QED) is 0.764. The first-order valence-corrected chi connectivity index (χ1v) is 5.82. The summed E-state index contributed by atoms with van der Waals surface area (Å²) in [4.78, 5) is 5.34. The van der Waals surface area contributed by atoms with E-state index in [4.69, 9.17) is 9.57 Å². The highest BCUT2D eigenvalue weighted by atomic mass is 16.6. The molecule has 92 valence electrons. The molecule has 0 bridgehead atoms. The molecule has 2 rings (SSSR count). The van der Waals surface area contributed by atoms with Crippen LogP contribution >= 0.6 is 0 Å². The summed E-state index contributed by atoms with van der Waals surface area (Å²) in [6.45, 7) is 3.72. The van der Waals surface area contributed by atoms with Crippen LogP contribution in [0.2, 0.25) is 0 Å². The number of nitrogens with one attached hydrogen (secondary N) is 2. The standard InChI is InChI=1S/C13H18N2O2/c1-10-9-15-17-13-8-11(4-5-12(10)13)16-7-3-6-14-2/h4-5,8-9,14-15H,3,6-7H2,1-2H3. The molecule has 1 aliphatic rings. The highest BCUT2D eigenvalue weighted by Gasteiger charge is 2.11. The molecular weight excluding hydrogens is 216 g/mol. The summed E-state index contributed by atoms with van der Waals surface area (Å²) in [5.41, 5.74) is 5.03. The molecule has 4 heteroatoms. The Morgan fingerprint density at radius 2 is 2.29 bits per heavy atom. The van der Waals surface area contributed by atoms with E-state index in [9.17, 15) is 0 Å². The van der Waals surface area contributed by atoms with E-state index in [0.717, 1.165) is 35.6 Å². The Kier molecular flexibility index (Phi) is 3.88. The summed E-state index contributed by atoms with van der Waals surface area (Å²) < 4.78 is 5.64. The Morgan fingerprint density at radius 3 is 3.12 bits per heavy atom. The number of fused-ring (bicyclic) bond motifs is 1. The van der Waals surface area contributed by atoms with E-state index in [2.05, 4.69) is 10.8 Å². The lowest BCUT2D eigenvalue weighted by Gasteiger charge is -2.17. The molecule has 0 fully saturated rings. The zero-order valence-electron chi connectivity index (χ0n) is 10.2. The SMILES string of the molecule is CNCCCOc1ccc2c(c1)ONC=C2C. The van der Waals surface area contributed by atoms with Crippen LogP contribution < -0.4 is 20.4 Å². The van der Waals surface area contributed by atoms with Gasteiger partial charge in [0.15, 0.2) is 5.75 Å². The van der Waals surface area contributed by atoms with E-state index in [0.29, 0.717) is 6.61 Å². The van der Waals surface area contributed by atoms with Crippen LogP contribution in [0.15, 0.2) is 24.4 Å². The third-order valence-corrected chi connectivity index (χ3v) is 2.66. The molecule has 0 saturated carbocycles. The smallest absolute Gasteiger partial charge is 0.166 e. The van der Waals surface area contributed by atoms with Crippen LogP contribution in [0.4, 0.5) is 0 Å². The van der Waals surface area contributed by atoms with Crippen molar-refractivity contribution < 1.29 is 9.57 Å². The van der Waals surface area contributed by atoms with Crippen molar-refractivity contribution in [2.24, 2.45) is 0 Å². The summed E-state index contributed by atoms with van der Waals surface area (Å²) in [6.07, 6.45) is 2.83. The first-order chi connectivity index (χ1) is 8.31. The third kappa shape index (κ3) is 2.91. The molecular formula is C13H18N2O2. The minimum absolute atomic E-state index is 0.710. The molecule has 0 unspecified atom stereocenters. The summed E-state index contributed by atoms with van der Waals surface area (Å²) in [7, 11) is 1.94. The summed E-state index contributed by atoms with van der Waals surface area (Å²) in [5, 5.41) is 3.09. The first-order valence-electron chi connectivity index (χ1n) is 5.82. The lowest BCUT2D eigenvalue weighted by atomic mass is 10.1. The molecule has 17 heavy (non-hydrogen) atoms. The van der Waals surface area contributed by atoms with Crippen molar-refractivity contribution in [1.29, 1.82) is 0 Å². The van der Waals surface area contributed by atoms with Gasteiger partial charge in [-0.1, -0.05) is 0 Å². The fourth-order valence-corrected chi connectivity index (χ4v) is 1.70. The Balaban J connectivity index is 1.99. The maximum atomic E-state index is 5.64. The highest BCUT2D eigenvalue weighted by Crippen LogP contribution is 2.31. The van der Waals surface area contributed by atoms with Crippen molar-refractivity contribution in [3.63, 3.8) is 0 Å². The van der Waals surface area contributed by atoms with Gasteiger partial charge in [-0.15, -0.1) is 0 Å². The number of hydroxylamine groups is 1. The molecule has 0 saturated heterocycles. The molecule has 0 aromatic heterocycles. The zero-order chi connectivity index (χ0) is 12.1. The van der Waals surface area contributed by atoms with E-state index < -0.39 is 0 Å². The van der Waals surface area contributed by atoms with Crippen molar-refractivity contribution in [2.75, 3.05) is 20.2 Å². The van der Waals surface area contributed by atoms with Crippen LogP contribution in [0.5, 0.6) is 11.5 Å². The number of benzene rings is 1. The van der Waals surface area contributed by atoms with Gasteiger partial charge in [-0.3, -0.25) is 0 Å². The minimum Gasteiger partial charge on any atom is -0.493 e. The third-order valence-electron chi connectivity index (χ3n) is 2.66. The minimum atomic E-state index is 0.710. The van der Waals surface area contributed by atoms with Crippen LogP contribution in [-0.2, 0) is 0 Å². The van der Waals surface area contributed by atoms with Gasteiger partial charge in [-0.2, -0.15) is 0 Å². The molecule has 2 N–H and O–H groups in total. The van der Waals surface area contributed by atoms with E-state index >= 15 is 0 Å². The van der Waals surface area contributed by atoms with Crippen molar-refractivity contribution in [3.05, 3.63) is 30.0 Å². The second kappa shape index (κ2) is 5.59.